The molecule has 0 heterocycles. The Morgan fingerprint density at radius 1 is 1.12 bits per heavy atom. The van der Waals surface area contributed by atoms with Crippen molar-refractivity contribution in [1.82, 2.24) is 0 Å². The lowest BCUT2D eigenvalue weighted by atomic mass is 9.61. The van der Waals surface area contributed by atoms with E-state index in [-0.39, 0.29) is 0 Å². The Balaban J connectivity index is 0.00000106. The Morgan fingerprint density at radius 2 is 1.69 bits per heavy atom. The van der Waals surface area contributed by atoms with Crippen LogP contribution in [-0.2, 0) is 0 Å². The summed E-state index contributed by atoms with van der Waals surface area (Å²) in [5.74, 6) is 0.921. The zero-order chi connectivity index (χ0) is 12.8. The molecule has 0 aromatic carbocycles. The highest BCUT2D eigenvalue weighted by Crippen LogP contribution is 2.48. The van der Waals surface area contributed by atoms with E-state index in [0.717, 1.165) is 5.92 Å². The molecule has 0 radical (unpaired) electrons. The SMILES string of the molecule is CC.CC(C)=C/C=C(\C)CC1CCC1(C)C. The summed E-state index contributed by atoms with van der Waals surface area (Å²) in [6.45, 7) is 15.4. The van der Waals surface area contributed by atoms with Crippen molar-refractivity contribution in [1.29, 1.82) is 0 Å². The fraction of sp³-hybridized carbons (Fsp3) is 0.750. The molecule has 16 heavy (non-hydrogen) atoms. The maximum absolute atomic E-state index is 2.40. The van der Waals surface area contributed by atoms with E-state index in [1.807, 2.05) is 13.8 Å². The molecule has 0 amide bonds. The van der Waals surface area contributed by atoms with Crippen LogP contribution in [0, 0.1) is 11.3 Å². The van der Waals surface area contributed by atoms with Gasteiger partial charge >= 0.3 is 0 Å². The largest absolute Gasteiger partial charge is 0.0764 e. The predicted molar refractivity (Wildman–Crippen MR) is 75.7 cm³/mol. The van der Waals surface area contributed by atoms with Crippen LogP contribution in [0.3, 0.4) is 0 Å². The van der Waals surface area contributed by atoms with Gasteiger partial charge < -0.3 is 0 Å². The second-order valence-electron chi connectivity index (χ2n) is 5.69. The Kier molecular flexibility index (Phi) is 6.71. The molecule has 94 valence electrons. The van der Waals surface area contributed by atoms with Crippen LogP contribution in [0.15, 0.2) is 23.3 Å². The molecule has 1 fully saturated rings. The van der Waals surface area contributed by atoms with Gasteiger partial charge in [0, 0.05) is 0 Å². The molecule has 1 saturated carbocycles. The summed E-state index contributed by atoms with van der Waals surface area (Å²) in [5.41, 5.74) is 3.52. The third-order valence-corrected chi connectivity index (χ3v) is 3.51. The zero-order valence-corrected chi connectivity index (χ0v) is 12.4. The van der Waals surface area contributed by atoms with Crippen molar-refractivity contribution >= 4 is 0 Å². The highest BCUT2D eigenvalue weighted by atomic mass is 14.4. The van der Waals surface area contributed by atoms with Gasteiger partial charge in [0.25, 0.3) is 0 Å². The summed E-state index contributed by atoms with van der Waals surface area (Å²) in [7, 11) is 0. The summed E-state index contributed by atoms with van der Waals surface area (Å²) >= 11 is 0. The molecular weight excluding hydrogens is 192 g/mol. The average molecular weight is 222 g/mol. The summed E-state index contributed by atoms with van der Waals surface area (Å²) < 4.78 is 0. The maximum Gasteiger partial charge on any atom is -0.0286 e. The quantitative estimate of drug-likeness (QED) is 0.533. The van der Waals surface area contributed by atoms with E-state index < -0.39 is 0 Å². The summed E-state index contributed by atoms with van der Waals surface area (Å²) in [6, 6.07) is 0. The van der Waals surface area contributed by atoms with Crippen LogP contribution >= 0.6 is 0 Å². The Morgan fingerprint density at radius 3 is 2.00 bits per heavy atom. The minimum Gasteiger partial charge on any atom is -0.0764 e. The van der Waals surface area contributed by atoms with Crippen LogP contribution in [-0.4, -0.2) is 0 Å². The second kappa shape index (κ2) is 6.93. The lowest BCUT2D eigenvalue weighted by Gasteiger charge is -2.45. The average Bonchev–Trinajstić information content (AvgIpc) is 2.24. The van der Waals surface area contributed by atoms with Crippen LogP contribution < -0.4 is 0 Å². The lowest BCUT2D eigenvalue weighted by Crippen LogP contribution is -2.34. The van der Waals surface area contributed by atoms with Crippen LogP contribution in [0.2, 0.25) is 0 Å². The van der Waals surface area contributed by atoms with Crippen LogP contribution in [0.4, 0.5) is 0 Å². The van der Waals surface area contributed by atoms with E-state index in [9.17, 15) is 0 Å². The molecule has 0 aromatic heterocycles. The molecule has 1 aliphatic carbocycles. The molecule has 0 saturated heterocycles. The smallest absolute Gasteiger partial charge is 0.0286 e. The first-order chi connectivity index (χ1) is 7.42. The van der Waals surface area contributed by atoms with Gasteiger partial charge in [0.05, 0.1) is 0 Å². The molecule has 0 aliphatic heterocycles. The summed E-state index contributed by atoms with van der Waals surface area (Å²) in [6.07, 6.45) is 8.63. The normalized spacial score (nSPS) is 22.7. The Bertz CT molecular complexity index is 249. The summed E-state index contributed by atoms with van der Waals surface area (Å²) in [5, 5.41) is 0. The number of hydrogen-bond acceptors (Lipinski definition) is 0. The van der Waals surface area contributed by atoms with E-state index in [2.05, 4.69) is 46.8 Å². The molecular formula is C16H30. The topological polar surface area (TPSA) is 0 Å². The Hall–Kier alpha value is -0.520. The number of allylic oxidation sites excluding steroid dienone is 4. The van der Waals surface area contributed by atoms with Crippen molar-refractivity contribution in [3.8, 4) is 0 Å². The van der Waals surface area contributed by atoms with Crippen molar-refractivity contribution in [2.75, 3.05) is 0 Å². The van der Waals surface area contributed by atoms with Gasteiger partial charge in [-0.15, -0.1) is 0 Å². The van der Waals surface area contributed by atoms with Crippen molar-refractivity contribution in [3.63, 3.8) is 0 Å². The van der Waals surface area contributed by atoms with Gasteiger partial charge in [-0.1, -0.05) is 51.0 Å². The Labute approximate surface area is 103 Å². The molecule has 1 rings (SSSR count). The summed E-state index contributed by atoms with van der Waals surface area (Å²) in [4.78, 5) is 0. The van der Waals surface area contributed by atoms with E-state index in [1.54, 1.807) is 0 Å². The fourth-order valence-electron chi connectivity index (χ4n) is 2.07. The van der Waals surface area contributed by atoms with E-state index in [1.165, 1.54) is 30.4 Å². The molecule has 0 spiro atoms. The standard InChI is InChI=1S/C14H24.C2H6/c1-11(2)6-7-12(3)10-13-8-9-14(13,4)5;1-2/h6-7,13H,8-10H2,1-5H3;1-2H3/b12-7+;. The molecule has 0 heteroatoms. The van der Waals surface area contributed by atoms with Gasteiger partial charge in [-0.25, -0.2) is 0 Å². The van der Waals surface area contributed by atoms with Crippen LogP contribution in [0.25, 0.3) is 0 Å². The highest BCUT2D eigenvalue weighted by molar-refractivity contribution is 5.15. The van der Waals surface area contributed by atoms with Crippen molar-refractivity contribution < 1.29 is 0 Å². The second-order valence-corrected chi connectivity index (χ2v) is 5.69. The van der Waals surface area contributed by atoms with E-state index in [4.69, 9.17) is 0 Å². The highest BCUT2D eigenvalue weighted by Gasteiger charge is 2.37. The van der Waals surface area contributed by atoms with Crippen LogP contribution in [0.1, 0.15) is 67.7 Å². The zero-order valence-electron chi connectivity index (χ0n) is 12.4. The molecule has 1 aliphatic rings. The van der Waals surface area contributed by atoms with Gasteiger partial charge in [-0.2, -0.15) is 0 Å². The van der Waals surface area contributed by atoms with Gasteiger partial charge in [0.1, 0.15) is 0 Å². The monoisotopic (exact) mass is 222 g/mol. The van der Waals surface area contributed by atoms with Crippen LogP contribution in [0.5, 0.6) is 0 Å². The van der Waals surface area contributed by atoms with Crippen molar-refractivity contribution in [2.24, 2.45) is 11.3 Å². The molecule has 0 aromatic rings. The van der Waals surface area contributed by atoms with Gasteiger partial charge in [0.2, 0.25) is 0 Å². The molecule has 0 nitrogen and oxygen atoms in total. The van der Waals surface area contributed by atoms with Crippen molar-refractivity contribution in [2.45, 2.75) is 67.7 Å². The van der Waals surface area contributed by atoms with Gasteiger partial charge in [-0.3, -0.25) is 0 Å². The molecule has 1 unspecified atom stereocenters. The third kappa shape index (κ3) is 5.01. The minimum absolute atomic E-state index is 0.597. The number of hydrogen-bond donors (Lipinski definition) is 0. The molecule has 0 bridgehead atoms. The van der Waals surface area contributed by atoms with E-state index >= 15 is 0 Å². The first-order valence-electron chi connectivity index (χ1n) is 6.72. The molecule has 1 atom stereocenters. The van der Waals surface area contributed by atoms with Gasteiger partial charge in [0.15, 0.2) is 0 Å². The first-order valence-corrected chi connectivity index (χ1v) is 6.72. The first kappa shape index (κ1) is 15.5. The maximum atomic E-state index is 2.40. The number of rotatable bonds is 3. The minimum atomic E-state index is 0.597. The predicted octanol–water partition coefficient (Wildman–Crippen LogP) is 5.75. The van der Waals surface area contributed by atoms with Gasteiger partial charge in [-0.05, 0) is 51.4 Å². The molecule has 0 N–H and O–H groups in total. The lowest BCUT2D eigenvalue weighted by molar-refractivity contribution is 0.0727. The fourth-order valence-corrected chi connectivity index (χ4v) is 2.07. The third-order valence-electron chi connectivity index (χ3n) is 3.51. The van der Waals surface area contributed by atoms with Crippen molar-refractivity contribution in [3.05, 3.63) is 23.3 Å². The van der Waals surface area contributed by atoms with E-state index in [0.29, 0.717) is 5.41 Å².